The summed E-state index contributed by atoms with van der Waals surface area (Å²) in [5.41, 5.74) is 0. The van der Waals surface area contributed by atoms with Crippen molar-refractivity contribution in [1.29, 1.82) is 0 Å². The normalized spacial score (nSPS) is 26.3. The minimum Gasteiger partial charge on any atom is -0.378 e. The first-order valence-electron chi connectivity index (χ1n) is 9.60. The summed E-state index contributed by atoms with van der Waals surface area (Å²) in [7, 11) is 0. The molecule has 0 unspecified atom stereocenters. The second-order valence-corrected chi connectivity index (χ2v) is 7.23. The summed E-state index contributed by atoms with van der Waals surface area (Å²) >= 11 is 0. The Morgan fingerprint density at radius 3 is 2.46 bits per heavy atom. The summed E-state index contributed by atoms with van der Waals surface area (Å²) in [5.74, 6) is 0.432. The molecule has 0 aliphatic carbocycles. The van der Waals surface area contributed by atoms with Crippen LogP contribution in [-0.2, 0) is 14.2 Å². The highest BCUT2D eigenvalue weighted by Gasteiger charge is 2.39. The molecule has 2 aromatic heterocycles. The number of fused-ring (bicyclic) bond motifs is 1. The summed E-state index contributed by atoms with van der Waals surface area (Å²) < 4.78 is 33.7. The van der Waals surface area contributed by atoms with Crippen LogP contribution in [0.15, 0.2) is 24.7 Å². The number of halogens is 1. The van der Waals surface area contributed by atoms with Gasteiger partial charge in [0.05, 0.1) is 38.7 Å². The van der Waals surface area contributed by atoms with Gasteiger partial charge < -0.3 is 24.0 Å². The molecule has 28 heavy (non-hydrogen) atoms. The van der Waals surface area contributed by atoms with Crippen molar-refractivity contribution in [2.24, 2.45) is 0 Å². The van der Waals surface area contributed by atoms with Crippen LogP contribution in [0, 0.1) is 5.82 Å². The number of morpholine rings is 1. The Labute approximate surface area is 162 Å². The van der Waals surface area contributed by atoms with E-state index in [2.05, 4.69) is 15.1 Å². The minimum atomic E-state index is -0.409. The third kappa shape index (κ3) is 3.43. The van der Waals surface area contributed by atoms with Gasteiger partial charge in [0.2, 0.25) is 5.95 Å². The Hall–Kier alpha value is -2.30. The van der Waals surface area contributed by atoms with Crippen LogP contribution in [-0.4, -0.2) is 84.6 Å². The molecule has 0 N–H and O–H groups in total. The number of anilines is 2. The van der Waals surface area contributed by atoms with Crippen LogP contribution in [0.4, 0.5) is 16.2 Å². The molecule has 5 rings (SSSR count). The largest absolute Gasteiger partial charge is 0.378 e. The highest BCUT2D eigenvalue weighted by molar-refractivity contribution is 5.46. The van der Waals surface area contributed by atoms with Gasteiger partial charge in [0, 0.05) is 38.6 Å². The first kappa shape index (κ1) is 17.8. The van der Waals surface area contributed by atoms with E-state index in [4.69, 9.17) is 14.2 Å². The molecule has 2 aromatic rings. The molecule has 10 heteroatoms. The van der Waals surface area contributed by atoms with Gasteiger partial charge in [-0.3, -0.25) is 4.68 Å². The maximum atomic E-state index is 14.3. The Balaban J connectivity index is 1.28. The standard InChI is InChI=1S/C18H23FN6O3/c19-14-8-20-18(22-17(14)23-4-6-26-7-5-23)24-9-15-16(10-24)28-12-13(11-27-15)25-3-1-2-21-25/h1-3,8,13,15-16H,4-7,9-12H2/t15-,16-/m0/s1. The van der Waals surface area contributed by atoms with Gasteiger partial charge >= 0.3 is 0 Å². The fraction of sp³-hybridized carbons (Fsp3) is 0.611. The molecule has 0 saturated carbocycles. The van der Waals surface area contributed by atoms with E-state index >= 15 is 0 Å². The molecular weight excluding hydrogens is 367 g/mol. The summed E-state index contributed by atoms with van der Waals surface area (Å²) in [6, 6.07) is 1.97. The molecule has 0 bridgehead atoms. The molecule has 3 saturated heterocycles. The van der Waals surface area contributed by atoms with Crippen LogP contribution in [0.5, 0.6) is 0 Å². The summed E-state index contributed by atoms with van der Waals surface area (Å²) in [5, 5.41) is 4.28. The molecule has 5 heterocycles. The molecule has 3 aliphatic rings. The minimum absolute atomic E-state index is 0.0685. The van der Waals surface area contributed by atoms with Crippen molar-refractivity contribution in [2.75, 3.05) is 62.4 Å². The fourth-order valence-electron chi connectivity index (χ4n) is 3.89. The van der Waals surface area contributed by atoms with Crippen LogP contribution in [0.2, 0.25) is 0 Å². The molecule has 150 valence electrons. The summed E-state index contributed by atoms with van der Waals surface area (Å²) in [4.78, 5) is 12.6. The zero-order chi connectivity index (χ0) is 18.9. The number of nitrogens with zero attached hydrogens (tertiary/aromatic N) is 6. The van der Waals surface area contributed by atoms with Crippen LogP contribution < -0.4 is 9.80 Å². The Morgan fingerprint density at radius 2 is 1.79 bits per heavy atom. The van der Waals surface area contributed by atoms with E-state index in [9.17, 15) is 4.39 Å². The maximum Gasteiger partial charge on any atom is 0.227 e. The Bertz CT molecular complexity index is 785. The van der Waals surface area contributed by atoms with E-state index in [1.54, 1.807) is 6.20 Å². The molecule has 2 atom stereocenters. The molecular formula is C18H23FN6O3. The lowest BCUT2D eigenvalue weighted by Gasteiger charge is -2.28. The third-order valence-corrected chi connectivity index (χ3v) is 5.43. The Kier molecular flexibility index (Phi) is 4.83. The van der Waals surface area contributed by atoms with E-state index in [0.717, 1.165) is 0 Å². The van der Waals surface area contributed by atoms with Crippen LogP contribution in [0.25, 0.3) is 0 Å². The van der Waals surface area contributed by atoms with Crippen LogP contribution >= 0.6 is 0 Å². The summed E-state index contributed by atoms with van der Waals surface area (Å²) in [6.45, 7) is 4.71. The monoisotopic (exact) mass is 390 g/mol. The first-order valence-corrected chi connectivity index (χ1v) is 9.60. The molecule has 9 nitrogen and oxygen atoms in total. The van der Waals surface area contributed by atoms with Crippen LogP contribution in [0.1, 0.15) is 6.04 Å². The highest BCUT2D eigenvalue weighted by Crippen LogP contribution is 2.27. The van der Waals surface area contributed by atoms with Crippen LogP contribution in [0.3, 0.4) is 0 Å². The van der Waals surface area contributed by atoms with Crippen molar-refractivity contribution < 1.29 is 18.6 Å². The van der Waals surface area contributed by atoms with E-state index in [0.29, 0.717) is 64.4 Å². The van der Waals surface area contributed by atoms with E-state index in [-0.39, 0.29) is 18.2 Å². The van der Waals surface area contributed by atoms with Crippen molar-refractivity contribution in [3.05, 3.63) is 30.5 Å². The van der Waals surface area contributed by atoms with Crippen molar-refractivity contribution in [2.45, 2.75) is 18.2 Å². The average molecular weight is 390 g/mol. The van der Waals surface area contributed by atoms with E-state index < -0.39 is 5.82 Å². The smallest absolute Gasteiger partial charge is 0.227 e. The second-order valence-electron chi connectivity index (χ2n) is 7.23. The predicted octanol–water partition coefficient (Wildman–Crippen LogP) is 0.494. The molecule has 0 spiro atoms. The third-order valence-electron chi connectivity index (χ3n) is 5.43. The highest BCUT2D eigenvalue weighted by atomic mass is 19.1. The first-order chi connectivity index (χ1) is 13.8. The number of hydrogen-bond acceptors (Lipinski definition) is 8. The maximum absolute atomic E-state index is 14.3. The van der Waals surface area contributed by atoms with Gasteiger partial charge in [-0.25, -0.2) is 9.37 Å². The van der Waals surface area contributed by atoms with Crippen molar-refractivity contribution in [3.8, 4) is 0 Å². The van der Waals surface area contributed by atoms with Gasteiger partial charge in [0.25, 0.3) is 0 Å². The number of hydrogen-bond donors (Lipinski definition) is 0. The van der Waals surface area contributed by atoms with Crippen molar-refractivity contribution >= 4 is 11.8 Å². The van der Waals surface area contributed by atoms with Gasteiger partial charge in [-0.1, -0.05) is 0 Å². The van der Waals surface area contributed by atoms with Gasteiger partial charge in [0.1, 0.15) is 12.2 Å². The van der Waals surface area contributed by atoms with E-state index in [1.165, 1.54) is 6.20 Å². The Morgan fingerprint density at radius 1 is 1.04 bits per heavy atom. The van der Waals surface area contributed by atoms with Gasteiger partial charge in [-0.05, 0) is 6.07 Å². The lowest BCUT2D eigenvalue weighted by Crippen LogP contribution is -2.38. The molecule has 0 aromatic carbocycles. The quantitative estimate of drug-likeness (QED) is 0.750. The topological polar surface area (TPSA) is 77.8 Å². The molecule has 0 amide bonds. The lowest BCUT2D eigenvalue weighted by atomic mass is 10.3. The van der Waals surface area contributed by atoms with Crippen molar-refractivity contribution in [3.63, 3.8) is 0 Å². The van der Waals surface area contributed by atoms with Gasteiger partial charge in [-0.15, -0.1) is 0 Å². The summed E-state index contributed by atoms with van der Waals surface area (Å²) in [6.07, 6.45) is 4.79. The predicted molar refractivity (Wildman–Crippen MR) is 98.0 cm³/mol. The number of aromatic nitrogens is 4. The number of rotatable bonds is 3. The molecule has 3 fully saturated rings. The second kappa shape index (κ2) is 7.61. The number of ether oxygens (including phenoxy) is 3. The van der Waals surface area contributed by atoms with Gasteiger partial charge in [-0.2, -0.15) is 10.1 Å². The zero-order valence-corrected chi connectivity index (χ0v) is 15.5. The SMILES string of the molecule is Fc1cnc(N2C[C@@H]3OCC(n4cccn4)CO[C@H]3C2)nc1N1CCOCC1. The van der Waals surface area contributed by atoms with Gasteiger partial charge in [0.15, 0.2) is 11.6 Å². The van der Waals surface area contributed by atoms with E-state index in [1.807, 2.05) is 26.7 Å². The zero-order valence-electron chi connectivity index (χ0n) is 15.5. The van der Waals surface area contributed by atoms with Crippen molar-refractivity contribution in [1.82, 2.24) is 19.7 Å². The molecule has 0 radical (unpaired) electrons. The average Bonchev–Trinajstić information content (AvgIpc) is 3.36. The fourth-order valence-corrected chi connectivity index (χ4v) is 3.89. The lowest BCUT2D eigenvalue weighted by molar-refractivity contribution is -0.00461. The molecule has 3 aliphatic heterocycles.